The van der Waals surface area contributed by atoms with Crippen LogP contribution in [0.15, 0.2) is 30.3 Å². The van der Waals surface area contributed by atoms with Gasteiger partial charge in [0, 0.05) is 0 Å². The SMILES string of the molecule is OCc1ccccc1.[Ca+2].[H-].[H-]. The van der Waals surface area contributed by atoms with Crippen LogP contribution in [0.5, 0.6) is 0 Å². The summed E-state index contributed by atoms with van der Waals surface area (Å²) in [6.07, 6.45) is 0. The molecule has 0 saturated carbocycles. The zero-order chi connectivity index (χ0) is 5.82. The van der Waals surface area contributed by atoms with Crippen LogP contribution in [0.3, 0.4) is 0 Å². The molecule has 1 aromatic carbocycles. The van der Waals surface area contributed by atoms with Gasteiger partial charge in [0.25, 0.3) is 0 Å². The van der Waals surface area contributed by atoms with E-state index in [4.69, 9.17) is 5.11 Å². The Morgan fingerprint density at radius 1 is 1.22 bits per heavy atom. The van der Waals surface area contributed by atoms with Crippen molar-refractivity contribution in [2.24, 2.45) is 0 Å². The van der Waals surface area contributed by atoms with E-state index < -0.39 is 0 Å². The molecule has 1 N–H and O–H groups in total. The molecule has 2 heteroatoms. The van der Waals surface area contributed by atoms with E-state index in [1.165, 1.54) is 0 Å². The Morgan fingerprint density at radius 3 is 2.11 bits per heavy atom. The maximum Gasteiger partial charge on any atom is 2.00 e. The van der Waals surface area contributed by atoms with Crippen molar-refractivity contribution in [2.75, 3.05) is 0 Å². The fourth-order valence-electron chi connectivity index (χ4n) is 0.583. The zero-order valence-electron chi connectivity index (χ0n) is 7.25. The minimum atomic E-state index is 0. The summed E-state index contributed by atoms with van der Waals surface area (Å²) in [6, 6.07) is 9.52. The van der Waals surface area contributed by atoms with Gasteiger partial charge in [0.2, 0.25) is 0 Å². The third kappa shape index (κ3) is 3.21. The number of benzene rings is 1. The fourth-order valence-corrected chi connectivity index (χ4v) is 0.583. The van der Waals surface area contributed by atoms with Crippen molar-refractivity contribution in [3.05, 3.63) is 35.9 Å². The van der Waals surface area contributed by atoms with Crippen molar-refractivity contribution >= 4 is 37.7 Å². The van der Waals surface area contributed by atoms with Gasteiger partial charge in [-0.25, -0.2) is 0 Å². The molecule has 46 valence electrons. The summed E-state index contributed by atoms with van der Waals surface area (Å²) in [7, 11) is 0. The van der Waals surface area contributed by atoms with Crippen molar-refractivity contribution in [1.82, 2.24) is 0 Å². The van der Waals surface area contributed by atoms with Gasteiger partial charge in [-0.05, 0) is 5.56 Å². The number of aliphatic hydroxyl groups excluding tert-OH is 1. The molecule has 0 radical (unpaired) electrons. The summed E-state index contributed by atoms with van der Waals surface area (Å²) in [4.78, 5) is 0. The van der Waals surface area contributed by atoms with Gasteiger partial charge in [0.05, 0.1) is 6.61 Å². The molecule has 0 fully saturated rings. The fraction of sp³-hybridized carbons (Fsp3) is 0.143. The maximum absolute atomic E-state index is 8.54. The second-order valence-corrected chi connectivity index (χ2v) is 1.64. The summed E-state index contributed by atoms with van der Waals surface area (Å²) in [5.41, 5.74) is 0.965. The van der Waals surface area contributed by atoms with Gasteiger partial charge < -0.3 is 7.96 Å². The second kappa shape index (κ2) is 5.24. The van der Waals surface area contributed by atoms with Crippen molar-refractivity contribution in [3.8, 4) is 0 Å². The Morgan fingerprint density at radius 2 is 1.78 bits per heavy atom. The molecule has 0 heterocycles. The molecular weight excluding hydrogens is 140 g/mol. The monoisotopic (exact) mass is 150 g/mol. The van der Waals surface area contributed by atoms with Crippen LogP contribution in [0.25, 0.3) is 0 Å². The van der Waals surface area contributed by atoms with Crippen LogP contribution in [0.1, 0.15) is 8.42 Å². The number of hydrogen-bond donors (Lipinski definition) is 1. The van der Waals surface area contributed by atoms with E-state index in [0.29, 0.717) is 0 Å². The molecule has 0 bridgehead atoms. The minimum Gasteiger partial charge on any atom is -1.00 e. The summed E-state index contributed by atoms with van der Waals surface area (Å²) < 4.78 is 0. The third-order valence-corrected chi connectivity index (χ3v) is 1.03. The molecule has 0 unspecified atom stereocenters. The molecule has 0 spiro atoms. The Bertz CT molecular complexity index is 158. The third-order valence-electron chi connectivity index (χ3n) is 1.03. The van der Waals surface area contributed by atoms with Crippen molar-refractivity contribution in [2.45, 2.75) is 6.61 Å². The van der Waals surface area contributed by atoms with Crippen LogP contribution < -0.4 is 0 Å². The van der Waals surface area contributed by atoms with Crippen LogP contribution in [-0.2, 0) is 6.61 Å². The predicted molar refractivity (Wildman–Crippen MR) is 40.3 cm³/mol. The van der Waals surface area contributed by atoms with E-state index in [1.807, 2.05) is 30.3 Å². The largest absolute Gasteiger partial charge is 2.00 e. The Kier molecular flexibility index (Phi) is 5.50. The average Bonchev–Trinajstić information content (AvgIpc) is 1.90. The molecule has 0 amide bonds. The topological polar surface area (TPSA) is 20.2 Å². The molecular formula is C7H10CaO. The van der Waals surface area contributed by atoms with Gasteiger partial charge in [-0.1, -0.05) is 30.3 Å². The summed E-state index contributed by atoms with van der Waals surface area (Å²) >= 11 is 0. The molecule has 9 heavy (non-hydrogen) atoms. The number of aliphatic hydroxyl groups is 1. The van der Waals surface area contributed by atoms with Gasteiger partial charge >= 0.3 is 37.7 Å². The molecule has 0 aliphatic rings. The molecule has 1 nitrogen and oxygen atoms in total. The van der Waals surface area contributed by atoms with Crippen LogP contribution >= 0.6 is 0 Å². The standard InChI is InChI=1S/C7H8O.Ca.2H/c8-6-7-4-2-1-3-5-7;;;/h1-5,8H,6H2;;;/q;+2;2*-1. The summed E-state index contributed by atoms with van der Waals surface area (Å²) in [6.45, 7) is 0.140. The van der Waals surface area contributed by atoms with Crippen LogP contribution in [0.2, 0.25) is 0 Å². The van der Waals surface area contributed by atoms with E-state index in [1.54, 1.807) is 0 Å². The molecule has 0 atom stereocenters. The Balaban J connectivity index is -0.000000213. The Hall–Kier alpha value is 0.440. The van der Waals surface area contributed by atoms with E-state index >= 15 is 0 Å². The molecule has 1 rings (SSSR count). The van der Waals surface area contributed by atoms with Crippen molar-refractivity contribution in [1.29, 1.82) is 0 Å². The molecule has 0 saturated heterocycles. The van der Waals surface area contributed by atoms with Gasteiger partial charge in [-0.15, -0.1) is 0 Å². The molecule has 0 aromatic heterocycles. The van der Waals surface area contributed by atoms with Gasteiger partial charge in [-0.2, -0.15) is 0 Å². The Labute approximate surface area is 87.7 Å². The first-order valence-electron chi connectivity index (χ1n) is 2.58. The van der Waals surface area contributed by atoms with Gasteiger partial charge in [0.1, 0.15) is 0 Å². The minimum absolute atomic E-state index is 0. The second-order valence-electron chi connectivity index (χ2n) is 1.64. The summed E-state index contributed by atoms with van der Waals surface area (Å²) in [5, 5.41) is 8.54. The average molecular weight is 150 g/mol. The van der Waals surface area contributed by atoms with Crippen molar-refractivity contribution < 1.29 is 7.96 Å². The zero-order valence-corrected chi connectivity index (χ0v) is 7.46. The van der Waals surface area contributed by atoms with Crippen LogP contribution in [-0.4, -0.2) is 42.8 Å². The number of hydrogen-bond acceptors (Lipinski definition) is 1. The van der Waals surface area contributed by atoms with Gasteiger partial charge in [-0.3, -0.25) is 0 Å². The first-order chi connectivity index (χ1) is 3.93. The predicted octanol–water partition coefficient (Wildman–Crippen LogP) is 1.02. The van der Waals surface area contributed by atoms with E-state index in [9.17, 15) is 0 Å². The first-order valence-corrected chi connectivity index (χ1v) is 2.58. The van der Waals surface area contributed by atoms with Crippen molar-refractivity contribution in [3.63, 3.8) is 0 Å². The first kappa shape index (κ1) is 9.44. The quantitative estimate of drug-likeness (QED) is 0.593. The molecule has 1 aromatic rings. The smallest absolute Gasteiger partial charge is 1.00 e. The van der Waals surface area contributed by atoms with Crippen LogP contribution in [0, 0.1) is 0 Å². The van der Waals surface area contributed by atoms with Gasteiger partial charge in [0.15, 0.2) is 0 Å². The van der Waals surface area contributed by atoms with Crippen LogP contribution in [0.4, 0.5) is 0 Å². The summed E-state index contributed by atoms with van der Waals surface area (Å²) in [5.74, 6) is 0. The van der Waals surface area contributed by atoms with E-state index in [2.05, 4.69) is 0 Å². The van der Waals surface area contributed by atoms with E-state index in [0.717, 1.165) is 5.56 Å². The number of rotatable bonds is 1. The maximum atomic E-state index is 8.54. The molecule has 0 aliphatic heterocycles. The normalized spacial score (nSPS) is 8.11. The van der Waals surface area contributed by atoms with E-state index in [-0.39, 0.29) is 47.2 Å². The molecule has 0 aliphatic carbocycles.